The van der Waals surface area contributed by atoms with Gasteiger partial charge >= 0.3 is 0 Å². The lowest BCUT2D eigenvalue weighted by atomic mass is 9.69. The van der Waals surface area contributed by atoms with Crippen molar-refractivity contribution < 1.29 is 19.3 Å². The number of fused-ring (bicyclic) bond motifs is 1. The van der Waals surface area contributed by atoms with Gasteiger partial charge in [0.2, 0.25) is 0 Å². The summed E-state index contributed by atoms with van der Waals surface area (Å²) in [7, 11) is 0. The van der Waals surface area contributed by atoms with Gasteiger partial charge in [-0.05, 0) is 49.9 Å². The molecule has 4 atom stereocenters. The second-order valence-corrected chi connectivity index (χ2v) is 6.11. The highest BCUT2D eigenvalue weighted by Crippen LogP contribution is 2.41. The van der Waals surface area contributed by atoms with Crippen LogP contribution in [0.25, 0.3) is 0 Å². The van der Waals surface area contributed by atoms with Crippen molar-refractivity contribution in [3.05, 3.63) is 30.1 Å². The topological polar surface area (TPSA) is 61.7 Å². The molecule has 1 aromatic carbocycles. The van der Waals surface area contributed by atoms with Crippen LogP contribution in [0, 0.1) is 11.7 Å². The largest absolute Gasteiger partial charge is 0.396 e. The Bertz CT molecular complexity index is 481. The smallest absolute Gasteiger partial charge is 0.123 e. The molecule has 0 radical (unpaired) electrons. The van der Waals surface area contributed by atoms with Crippen molar-refractivity contribution in [1.29, 1.82) is 0 Å². The number of halogens is 1. The molecule has 1 saturated carbocycles. The van der Waals surface area contributed by atoms with Crippen LogP contribution in [0.5, 0.6) is 0 Å². The molecule has 2 fully saturated rings. The normalized spacial score (nSPS) is 36.0. The van der Waals surface area contributed by atoms with Gasteiger partial charge < -0.3 is 20.3 Å². The van der Waals surface area contributed by atoms with E-state index in [2.05, 4.69) is 5.32 Å². The van der Waals surface area contributed by atoms with Crippen molar-refractivity contribution >= 4 is 5.69 Å². The minimum absolute atomic E-state index is 0.0124. The van der Waals surface area contributed by atoms with E-state index in [9.17, 15) is 14.6 Å². The second-order valence-electron chi connectivity index (χ2n) is 6.11. The Kier molecular flexibility index (Phi) is 4.15. The summed E-state index contributed by atoms with van der Waals surface area (Å²) in [5, 5.41) is 23.9. The number of anilines is 1. The summed E-state index contributed by atoms with van der Waals surface area (Å²) in [5.74, 6) is -0.288. The van der Waals surface area contributed by atoms with Gasteiger partial charge in [-0.1, -0.05) is 0 Å². The molecule has 1 aliphatic carbocycles. The Balaban J connectivity index is 1.79. The van der Waals surface area contributed by atoms with Crippen LogP contribution in [0.3, 0.4) is 0 Å². The molecule has 1 heterocycles. The highest BCUT2D eigenvalue weighted by Gasteiger charge is 2.52. The number of ether oxygens (including phenoxy) is 1. The number of nitrogens with one attached hydrogen (secondary N) is 1. The average molecular weight is 295 g/mol. The fourth-order valence-corrected chi connectivity index (χ4v) is 3.68. The summed E-state index contributed by atoms with van der Waals surface area (Å²) in [6.07, 6.45) is 2.71. The lowest BCUT2D eigenvalue weighted by Gasteiger charge is -2.51. The quantitative estimate of drug-likeness (QED) is 0.797. The first-order valence-corrected chi connectivity index (χ1v) is 7.60. The minimum Gasteiger partial charge on any atom is -0.396 e. The Morgan fingerprint density at radius 2 is 2.05 bits per heavy atom. The maximum Gasteiger partial charge on any atom is 0.123 e. The maximum atomic E-state index is 13.0. The second kappa shape index (κ2) is 5.91. The van der Waals surface area contributed by atoms with E-state index >= 15 is 0 Å². The van der Waals surface area contributed by atoms with E-state index in [-0.39, 0.29) is 30.5 Å². The van der Waals surface area contributed by atoms with Crippen LogP contribution in [-0.4, -0.2) is 41.2 Å². The van der Waals surface area contributed by atoms with Crippen molar-refractivity contribution in [2.45, 2.75) is 43.4 Å². The highest BCUT2D eigenvalue weighted by atomic mass is 19.1. The number of benzene rings is 1. The number of aliphatic hydroxyl groups excluding tert-OH is 1. The molecule has 3 N–H and O–H groups in total. The zero-order valence-corrected chi connectivity index (χ0v) is 12.0. The first-order valence-electron chi connectivity index (χ1n) is 7.60. The van der Waals surface area contributed by atoms with Crippen LogP contribution in [0.15, 0.2) is 24.3 Å². The predicted molar refractivity (Wildman–Crippen MR) is 77.5 cm³/mol. The fraction of sp³-hybridized carbons (Fsp3) is 0.625. The monoisotopic (exact) mass is 295 g/mol. The molecule has 1 aliphatic heterocycles. The van der Waals surface area contributed by atoms with Crippen LogP contribution in [0.2, 0.25) is 0 Å². The van der Waals surface area contributed by atoms with Crippen molar-refractivity contribution in [2.24, 2.45) is 5.92 Å². The molecule has 5 heteroatoms. The third kappa shape index (κ3) is 2.78. The molecule has 0 amide bonds. The SMILES string of the molecule is OCC1CC[C@H](Nc2ccc(F)cc2)[C@]2(O)CCCOC12. The van der Waals surface area contributed by atoms with Crippen LogP contribution >= 0.6 is 0 Å². The molecule has 1 saturated heterocycles. The first kappa shape index (κ1) is 14.8. The third-order valence-corrected chi connectivity index (χ3v) is 4.79. The standard InChI is InChI=1S/C16H22FNO3/c17-12-3-5-13(6-4-12)18-14-7-2-11(10-19)15-16(14,20)8-1-9-21-15/h3-6,11,14-15,18-20H,1-2,7-10H2/t11?,14-,15?,16+/m0/s1. The molecular formula is C16H22FNO3. The van der Waals surface area contributed by atoms with Crippen LogP contribution in [0.1, 0.15) is 25.7 Å². The molecular weight excluding hydrogens is 273 g/mol. The van der Waals surface area contributed by atoms with E-state index < -0.39 is 5.60 Å². The van der Waals surface area contributed by atoms with Gasteiger partial charge in [-0.25, -0.2) is 4.39 Å². The highest BCUT2D eigenvalue weighted by molar-refractivity contribution is 5.45. The third-order valence-electron chi connectivity index (χ3n) is 4.79. The molecule has 116 valence electrons. The molecule has 0 spiro atoms. The molecule has 2 unspecified atom stereocenters. The van der Waals surface area contributed by atoms with Crippen molar-refractivity contribution in [3.8, 4) is 0 Å². The number of hydrogen-bond acceptors (Lipinski definition) is 4. The van der Waals surface area contributed by atoms with Gasteiger partial charge in [0.15, 0.2) is 0 Å². The van der Waals surface area contributed by atoms with Gasteiger partial charge in [0, 0.05) is 24.8 Å². The summed E-state index contributed by atoms with van der Waals surface area (Å²) in [5.41, 5.74) is -0.181. The Labute approximate surface area is 123 Å². The van der Waals surface area contributed by atoms with E-state index in [1.54, 1.807) is 12.1 Å². The molecule has 4 nitrogen and oxygen atoms in total. The van der Waals surface area contributed by atoms with Crippen molar-refractivity contribution in [3.63, 3.8) is 0 Å². The van der Waals surface area contributed by atoms with Gasteiger partial charge in [-0.15, -0.1) is 0 Å². The molecule has 21 heavy (non-hydrogen) atoms. The van der Waals surface area contributed by atoms with Crippen molar-refractivity contribution in [2.75, 3.05) is 18.5 Å². The summed E-state index contributed by atoms with van der Waals surface area (Å²) in [6, 6.07) is 6.02. The summed E-state index contributed by atoms with van der Waals surface area (Å²) in [4.78, 5) is 0. The summed E-state index contributed by atoms with van der Waals surface area (Å²) in [6.45, 7) is 0.670. The van der Waals surface area contributed by atoms with E-state index in [4.69, 9.17) is 4.74 Å². The van der Waals surface area contributed by atoms with Gasteiger partial charge in [0.05, 0.1) is 12.1 Å². The van der Waals surface area contributed by atoms with Crippen molar-refractivity contribution in [1.82, 2.24) is 0 Å². The molecule has 0 aromatic heterocycles. The average Bonchev–Trinajstić information content (AvgIpc) is 2.50. The van der Waals surface area contributed by atoms with Gasteiger partial charge in [0.1, 0.15) is 11.4 Å². The summed E-state index contributed by atoms with van der Waals surface area (Å²) < 4.78 is 18.7. The van der Waals surface area contributed by atoms with E-state index in [1.165, 1.54) is 12.1 Å². The Morgan fingerprint density at radius 3 is 2.76 bits per heavy atom. The zero-order chi connectivity index (χ0) is 14.9. The number of aliphatic hydroxyl groups is 2. The lowest BCUT2D eigenvalue weighted by molar-refractivity contribution is -0.195. The summed E-state index contributed by atoms with van der Waals surface area (Å²) >= 11 is 0. The van der Waals surface area contributed by atoms with Crippen LogP contribution in [-0.2, 0) is 4.74 Å². The van der Waals surface area contributed by atoms with E-state index in [0.29, 0.717) is 13.0 Å². The lowest BCUT2D eigenvalue weighted by Crippen LogP contribution is -2.64. The number of rotatable bonds is 3. The molecule has 1 aromatic rings. The first-order chi connectivity index (χ1) is 10.1. The zero-order valence-electron chi connectivity index (χ0n) is 12.0. The predicted octanol–water partition coefficient (Wildman–Crippen LogP) is 1.92. The minimum atomic E-state index is -0.974. The van der Waals surface area contributed by atoms with E-state index in [0.717, 1.165) is 24.9 Å². The van der Waals surface area contributed by atoms with E-state index in [1.807, 2.05) is 0 Å². The molecule has 0 bridgehead atoms. The Hall–Kier alpha value is -1.17. The van der Waals surface area contributed by atoms with Gasteiger partial charge in [-0.3, -0.25) is 0 Å². The molecule has 3 rings (SSSR count). The number of hydrogen-bond donors (Lipinski definition) is 3. The Morgan fingerprint density at radius 1 is 1.29 bits per heavy atom. The van der Waals surface area contributed by atoms with Gasteiger partial charge in [0.25, 0.3) is 0 Å². The fourth-order valence-electron chi connectivity index (χ4n) is 3.68. The van der Waals surface area contributed by atoms with Gasteiger partial charge in [-0.2, -0.15) is 0 Å². The maximum absolute atomic E-state index is 13.0. The van der Waals surface area contributed by atoms with Crippen LogP contribution < -0.4 is 5.32 Å². The van der Waals surface area contributed by atoms with Crippen LogP contribution in [0.4, 0.5) is 10.1 Å². The molecule has 2 aliphatic rings.